The lowest BCUT2D eigenvalue weighted by atomic mass is 9.85. The second-order valence-corrected chi connectivity index (χ2v) is 5.90. The van der Waals surface area contributed by atoms with Gasteiger partial charge in [-0.2, -0.15) is 0 Å². The molecule has 1 saturated carbocycles. The van der Waals surface area contributed by atoms with Crippen LogP contribution in [0.5, 0.6) is 0 Å². The standard InChI is InChI=1S/C15H18ClF2N/c16-9-10-7-12(17)15(13(18)8-10)19-6-5-11-3-1-2-4-14(11)19/h7-8,11,14H,1-6,9H2. The zero-order valence-electron chi connectivity index (χ0n) is 10.8. The molecule has 1 aromatic rings. The van der Waals surface area contributed by atoms with Crippen molar-refractivity contribution in [2.75, 3.05) is 11.4 Å². The molecule has 1 heterocycles. The van der Waals surface area contributed by atoms with Gasteiger partial charge >= 0.3 is 0 Å². The summed E-state index contributed by atoms with van der Waals surface area (Å²) >= 11 is 5.65. The maximum atomic E-state index is 14.2. The Morgan fingerprint density at radius 2 is 1.79 bits per heavy atom. The van der Waals surface area contributed by atoms with E-state index in [0.29, 0.717) is 17.5 Å². The number of hydrogen-bond donors (Lipinski definition) is 0. The predicted octanol–water partition coefficient (Wildman–Crippen LogP) is 4.47. The van der Waals surface area contributed by atoms with Crippen LogP contribution in [-0.2, 0) is 5.88 Å². The van der Waals surface area contributed by atoms with Crippen LogP contribution in [0.3, 0.4) is 0 Å². The molecule has 2 atom stereocenters. The van der Waals surface area contributed by atoms with Crippen molar-refractivity contribution in [3.8, 4) is 0 Å². The van der Waals surface area contributed by atoms with E-state index in [1.165, 1.54) is 31.4 Å². The largest absolute Gasteiger partial charge is 0.364 e. The molecule has 1 nitrogen and oxygen atoms in total. The number of fused-ring (bicyclic) bond motifs is 1. The van der Waals surface area contributed by atoms with Crippen molar-refractivity contribution in [1.82, 2.24) is 0 Å². The van der Waals surface area contributed by atoms with Crippen molar-refractivity contribution in [2.24, 2.45) is 5.92 Å². The molecule has 1 saturated heterocycles. The van der Waals surface area contributed by atoms with Crippen LogP contribution in [0.2, 0.25) is 0 Å². The van der Waals surface area contributed by atoms with Gasteiger partial charge in [-0.05, 0) is 42.9 Å². The van der Waals surface area contributed by atoms with Gasteiger partial charge in [-0.3, -0.25) is 0 Å². The molecule has 0 spiro atoms. The third kappa shape index (κ3) is 2.33. The van der Waals surface area contributed by atoms with Crippen LogP contribution in [0.25, 0.3) is 0 Å². The highest BCUT2D eigenvalue weighted by Gasteiger charge is 2.37. The van der Waals surface area contributed by atoms with Crippen LogP contribution in [0.4, 0.5) is 14.5 Å². The van der Waals surface area contributed by atoms with Gasteiger partial charge in [0.05, 0.1) is 0 Å². The molecule has 0 N–H and O–H groups in total. The molecule has 0 amide bonds. The molecule has 0 aromatic heterocycles. The van der Waals surface area contributed by atoms with Crippen LogP contribution in [0, 0.1) is 17.6 Å². The Balaban J connectivity index is 1.94. The SMILES string of the molecule is Fc1cc(CCl)cc(F)c1N1CCC2CCCCC21. The Kier molecular flexibility index (Phi) is 3.66. The van der Waals surface area contributed by atoms with Crippen LogP contribution in [0.15, 0.2) is 12.1 Å². The van der Waals surface area contributed by atoms with Gasteiger partial charge in [0, 0.05) is 18.5 Å². The number of halogens is 3. The molecular weight excluding hydrogens is 268 g/mol. The summed E-state index contributed by atoms with van der Waals surface area (Å²) in [5, 5.41) is 0. The van der Waals surface area contributed by atoms with Crippen LogP contribution in [-0.4, -0.2) is 12.6 Å². The van der Waals surface area contributed by atoms with E-state index < -0.39 is 11.6 Å². The van der Waals surface area contributed by atoms with Crippen molar-refractivity contribution in [3.05, 3.63) is 29.3 Å². The second kappa shape index (κ2) is 5.28. The Labute approximate surface area is 117 Å². The molecule has 4 heteroatoms. The van der Waals surface area contributed by atoms with E-state index in [0.717, 1.165) is 19.4 Å². The number of benzene rings is 1. The summed E-state index contributed by atoms with van der Waals surface area (Å²) in [6, 6.07) is 3.04. The summed E-state index contributed by atoms with van der Waals surface area (Å²) in [5.41, 5.74) is 0.656. The number of alkyl halides is 1. The fourth-order valence-corrected chi connectivity index (χ4v) is 3.81. The summed E-state index contributed by atoms with van der Waals surface area (Å²) in [4.78, 5) is 1.95. The van der Waals surface area contributed by atoms with Gasteiger partial charge in [0.15, 0.2) is 0 Å². The normalized spacial score (nSPS) is 26.6. The summed E-state index contributed by atoms with van der Waals surface area (Å²) in [5.74, 6) is -0.191. The van der Waals surface area contributed by atoms with Crippen molar-refractivity contribution >= 4 is 17.3 Å². The molecule has 1 aliphatic heterocycles. The summed E-state index contributed by atoms with van der Waals surface area (Å²) in [6.07, 6.45) is 5.73. The third-order valence-electron chi connectivity index (χ3n) is 4.53. The van der Waals surface area contributed by atoms with Gasteiger partial charge in [-0.15, -0.1) is 11.6 Å². The molecule has 19 heavy (non-hydrogen) atoms. The van der Waals surface area contributed by atoms with Crippen molar-refractivity contribution in [1.29, 1.82) is 0 Å². The van der Waals surface area contributed by atoms with Gasteiger partial charge in [-0.1, -0.05) is 12.8 Å². The van der Waals surface area contributed by atoms with Crippen LogP contribution in [0.1, 0.15) is 37.7 Å². The first-order valence-electron chi connectivity index (χ1n) is 7.01. The quantitative estimate of drug-likeness (QED) is 0.725. The van der Waals surface area contributed by atoms with E-state index in [-0.39, 0.29) is 11.6 Å². The molecule has 104 valence electrons. The minimum absolute atomic E-state index is 0.139. The maximum Gasteiger partial charge on any atom is 0.149 e. The number of anilines is 1. The molecule has 2 fully saturated rings. The first-order valence-corrected chi connectivity index (χ1v) is 7.54. The van der Waals surface area contributed by atoms with Crippen molar-refractivity contribution in [2.45, 2.75) is 44.0 Å². The zero-order valence-corrected chi connectivity index (χ0v) is 11.6. The summed E-state index contributed by atoms with van der Waals surface area (Å²) in [7, 11) is 0. The van der Waals surface area contributed by atoms with Crippen LogP contribution >= 0.6 is 11.6 Å². The van der Waals surface area contributed by atoms with E-state index in [2.05, 4.69) is 0 Å². The minimum atomic E-state index is -0.470. The second-order valence-electron chi connectivity index (χ2n) is 5.64. The average molecular weight is 286 g/mol. The Bertz CT molecular complexity index is 454. The minimum Gasteiger partial charge on any atom is -0.364 e. The van der Waals surface area contributed by atoms with E-state index in [9.17, 15) is 8.78 Å². The molecule has 2 aliphatic rings. The van der Waals surface area contributed by atoms with E-state index in [1.807, 2.05) is 4.90 Å². The fraction of sp³-hybridized carbons (Fsp3) is 0.600. The Morgan fingerprint density at radius 1 is 1.11 bits per heavy atom. The highest BCUT2D eigenvalue weighted by atomic mass is 35.5. The highest BCUT2D eigenvalue weighted by molar-refractivity contribution is 6.17. The van der Waals surface area contributed by atoms with E-state index >= 15 is 0 Å². The molecule has 3 rings (SSSR count). The molecule has 2 unspecified atom stereocenters. The van der Waals surface area contributed by atoms with Crippen LogP contribution < -0.4 is 4.90 Å². The van der Waals surface area contributed by atoms with Crippen molar-refractivity contribution in [3.63, 3.8) is 0 Å². The zero-order chi connectivity index (χ0) is 13.4. The fourth-order valence-electron chi connectivity index (χ4n) is 3.65. The lowest BCUT2D eigenvalue weighted by Gasteiger charge is -2.33. The smallest absolute Gasteiger partial charge is 0.149 e. The number of nitrogens with zero attached hydrogens (tertiary/aromatic N) is 1. The van der Waals surface area contributed by atoms with Gasteiger partial charge in [0.2, 0.25) is 0 Å². The predicted molar refractivity (Wildman–Crippen MR) is 73.6 cm³/mol. The van der Waals surface area contributed by atoms with E-state index in [1.54, 1.807) is 0 Å². The lowest BCUT2D eigenvalue weighted by Crippen LogP contribution is -2.35. The molecular formula is C15H18ClF2N. The van der Waals surface area contributed by atoms with E-state index in [4.69, 9.17) is 11.6 Å². The molecule has 1 aromatic carbocycles. The number of hydrogen-bond acceptors (Lipinski definition) is 1. The van der Waals surface area contributed by atoms with Gasteiger partial charge in [0.1, 0.15) is 17.3 Å². The maximum absolute atomic E-state index is 14.2. The van der Waals surface area contributed by atoms with Gasteiger partial charge in [-0.25, -0.2) is 8.78 Å². The first kappa shape index (κ1) is 13.2. The topological polar surface area (TPSA) is 3.24 Å². The van der Waals surface area contributed by atoms with Crippen molar-refractivity contribution < 1.29 is 8.78 Å². The first-order chi connectivity index (χ1) is 9.20. The average Bonchev–Trinajstić information content (AvgIpc) is 2.82. The highest BCUT2D eigenvalue weighted by Crippen LogP contribution is 2.40. The molecule has 1 aliphatic carbocycles. The summed E-state index contributed by atoms with van der Waals surface area (Å²) < 4.78 is 28.3. The van der Waals surface area contributed by atoms with Gasteiger partial charge < -0.3 is 4.90 Å². The lowest BCUT2D eigenvalue weighted by molar-refractivity contribution is 0.340. The monoisotopic (exact) mass is 285 g/mol. The molecule has 0 bridgehead atoms. The molecule has 0 radical (unpaired) electrons. The number of rotatable bonds is 2. The third-order valence-corrected chi connectivity index (χ3v) is 4.84. The van der Waals surface area contributed by atoms with Gasteiger partial charge in [0.25, 0.3) is 0 Å². The Morgan fingerprint density at radius 3 is 2.47 bits per heavy atom. The summed E-state index contributed by atoms with van der Waals surface area (Å²) in [6.45, 7) is 0.767. The Hall–Kier alpha value is -0.830.